The number of nitrogen functional groups attached to an aromatic ring is 1. The number of methoxy groups -OCH3 is 1. The van der Waals surface area contributed by atoms with Gasteiger partial charge in [-0.2, -0.15) is 0 Å². The van der Waals surface area contributed by atoms with Gasteiger partial charge in [0.05, 0.1) is 33.8 Å². The van der Waals surface area contributed by atoms with Crippen molar-refractivity contribution in [3.05, 3.63) is 28.1 Å². The number of nitrogens with zero attached hydrogens (tertiary/aromatic N) is 2. The van der Waals surface area contributed by atoms with Gasteiger partial charge in [0.1, 0.15) is 10.6 Å². The Bertz CT molecular complexity index is 1030. The maximum atomic E-state index is 11.9. The van der Waals surface area contributed by atoms with Gasteiger partial charge in [-0.15, -0.1) is 11.3 Å². The summed E-state index contributed by atoms with van der Waals surface area (Å²) >= 11 is 7.44. The van der Waals surface area contributed by atoms with E-state index >= 15 is 0 Å². The molecule has 0 bridgehead atoms. The highest BCUT2D eigenvalue weighted by Crippen LogP contribution is 2.41. The summed E-state index contributed by atoms with van der Waals surface area (Å²) in [5, 5.41) is 4.52. The van der Waals surface area contributed by atoms with Crippen molar-refractivity contribution < 1.29 is 9.53 Å². The quantitative estimate of drug-likeness (QED) is 0.630. The standard InChI is InChI=1S/C18H17ClN4O2S/c1-8(24)16-14(20)13-15(9-3-6-11(19)12(7-9)25-2)22-18(21-10-4-5-10)23-17(13)26-16/h3,6-7,10H,4-5,20H2,1-2H3,(H,21,22,23). The van der Waals surface area contributed by atoms with Crippen LogP contribution < -0.4 is 15.8 Å². The van der Waals surface area contributed by atoms with Gasteiger partial charge in [-0.3, -0.25) is 4.79 Å². The zero-order chi connectivity index (χ0) is 18.4. The number of thiophene rings is 1. The number of rotatable bonds is 5. The molecule has 0 saturated heterocycles. The van der Waals surface area contributed by atoms with Crippen LogP contribution in [0.15, 0.2) is 18.2 Å². The van der Waals surface area contributed by atoms with E-state index in [2.05, 4.69) is 15.3 Å². The second kappa shape index (κ2) is 6.41. The molecular weight excluding hydrogens is 372 g/mol. The molecule has 6 nitrogen and oxygen atoms in total. The van der Waals surface area contributed by atoms with E-state index in [-0.39, 0.29) is 5.78 Å². The van der Waals surface area contributed by atoms with Crippen LogP contribution in [0.5, 0.6) is 5.75 Å². The third-order valence-corrected chi connectivity index (χ3v) is 5.76. The Labute approximate surface area is 159 Å². The van der Waals surface area contributed by atoms with E-state index in [1.165, 1.54) is 18.3 Å². The molecule has 0 atom stereocenters. The molecule has 1 fully saturated rings. The summed E-state index contributed by atoms with van der Waals surface area (Å²) in [7, 11) is 1.56. The molecule has 134 valence electrons. The Balaban J connectivity index is 1.96. The van der Waals surface area contributed by atoms with Crippen LogP contribution in [0.2, 0.25) is 5.02 Å². The number of carbonyl (C=O) groups excluding carboxylic acids is 1. The predicted molar refractivity (Wildman–Crippen MR) is 105 cm³/mol. The van der Waals surface area contributed by atoms with Crippen LogP contribution in [-0.2, 0) is 0 Å². The number of ether oxygens (including phenoxy) is 1. The third-order valence-electron chi connectivity index (χ3n) is 4.24. The van der Waals surface area contributed by atoms with Crippen molar-refractivity contribution in [2.45, 2.75) is 25.8 Å². The Morgan fingerprint density at radius 1 is 1.38 bits per heavy atom. The second-order valence-electron chi connectivity index (χ2n) is 6.24. The minimum atomic E-state index is -0.0816. The van der Waals surface area contributed by atoms with Crippen LogP contribution >= 0.6 is 22.9 Å². The molecule has 0 amide bonds. The fourth-order valence-electron chi connectivity index (χ4n) is 2.77. The number of benzene rings is 1. The lowest BCUT2D eigenvalue weighted by atomic mass is 10.1. The third kappa shape index (κ3) is 2.97. The predicted octanol–water partition coefficient (Wildman–Crippen LogP) is 4.38. The van der Waals surface area contributed by atoms with E-state index < -0.39 is 0 Å². The molecular formula is C18H17ClN4O2S. The van der Waals surface area contributed by atoms with E-state index in [9.17, 15) is 4.79 Å². The minimum Gasteiger partial charge on any atom is -0.495 e. The van der Waals surface area contributed by atoms with Crippen LogP contribution in [0.1, 0.15) is 29.4 Å². The van der Waals surface area contributed by atoms with E-state index in [0.717, 1.165) is 18.4 Å². The van der Waals surface area contributed by atoms with E-state index in [0.29, 0.717) is 49.2 Å². The molecule has 3 aromatic rings. The summed E-state index contributed by atoms with van der Waals surface area (Å²) in [6.07, 6.45) is 2.22. The Morgan fingerprint density at radius 3 is 2.81 bits per heavy atom. The molecule has 8 heteroatoms. The summed E-state index contributed by atoms with van der Waals surface area (Å²) in [4.78, 5) is 22.4. The molecule has 1 saturated carbocycles. The van der Waals surface area contributed by atoms with Crippen LogP contribution in [-0.4, -0.2) is 28.9 Å². The number of nitrogens with one attached hydrogen (secondary N) is 1. The van der Waals surface area contributed by atoms with E-state index in [1.54, 1.807) is 13.2 Å². The van der Waals surface area contributed by atoms with Crippen molar-refractivity contribution in [2.75, 3.05) is 18.2 Å². The zero-order valence-electron chi connectivity index (χ0n) is 14.3. The normalized spacial score (nSPS) is 13.8. The molecule has 26 heavy (non-hydrogen) atoms. The van der Waals surface area contributed by atoms with Gasteiger partial charge < -0.3 is 15.8 Å². The van der Waals surface area contributed by atoms with Crippen molar-refractivity contribution in [3.8, 4) is 17.0 Å². The Hall–Kier alpha value is -2.38. The summed E-state index contributed by atoms with van der Waals surface area (Å²) in [6, 6.07) is 5.84. The first-order valence-electron chi connectivity index (χ1n) is 8.19. The fourth-order valence-corrected chi connectivity index (χ4v) is 3.96. The maximum absolute atomic E-state index is 11.9. The molecule has 4 rings (SSSR count). The van der Waals surface area contributed by atoms with Gasteiger partial charge in [0.2, 0.25) is 5.95 Å². The topological polar surface area (TPSA) is 90.1 Å². The maximum Gasteiger partial charge on any atom is 0.224 e. The minimum absolute atomic E-state index is 0.0816. The number of nitrogens with two attached hydrogens (primary N) is 1. The number of hydrogen-bond acceptors (Lipinski definition) is 7. The smallest absolute Gasteiger partial charge is 0.224 e. The van der Waals surface area contributed by atoms with Gasteiger partial charge in [-0.05, 0) is 25.0 Å². The average molecular weight is 389 g/mol. The van der Waals surface area contributed by atoms with Crippen molar-refractivity contribution in [3.63, 3.8) is 0 Å². The van der Waals surface area contributed by atoms with Crippen LogP contribution in [0, 0.1) is 0 Å². The summed E-state index contributed by atoms with van der Waals surface area (Å²) < 4.78 is 5.32. The molecule has 1 aliphatic carbocycles. The summed E-state index contributed by atoms with van der Waals surface area (Å²) in [5.74, 6) is 1.01. The Kier molecular flexibility index (Phi) is 4.20. The van der Waals surface area contributed by atoms with Gasteiger partial charge in [0, 0.05) is 18.5 Å². The van der Waals surface area contributed by atoms with E-state index in [1.807, 2.05) is 12.1 Å². The SMILES string of the molecule is COc1cc(-c2nc(NC3CC3)nc3sc(C(C)=O)c(N)c23)ccc1Cl. The molecule has 0 radical (unpaired) electrons. The van der Waals surface area contributed by atoms with Gasteiger partial charge in [-0.1, -0.05) is 17.7 Å². The first kappa shape index (κ1) is 17.1. The monoisotopic (exact) mass is 388 g/mol. The molecule has 0 aliphatic heterocycles. The van der Waals surface area contributed by atoms with Crippen LogP contribution in [0.25, 0.3) is 21.5 Å². The zero-order valence-corrected chi connectivity index (χ0v) is 15.9. The lowest BCUT2D eigenvalue weighted by molar-refractivity contribution is 0.102. The number of halogens is 1. The van der Waals surface area contributed by atoms with Crippen LogP contribution in [0.4, 0.5) is 11.6 Å². The largest absolute Gasteiger partial charge is 0.495 e. The van der Waals surface area contributed by atoms with Crippen molar-refractivity contribution >= 4 is 50.6 Å². The molecule has 1 aliphatic rings. The fraction of sp³-hybridized carbons (Fsp3) is 0.278. The summed E-state index contributed by atoms with van der Waals surface area (Å²) in [6.45, 7) is 1.50. The number of carbonyl (C=O) groups is 1. The molecule has 3 N–H and O–H groups in total. The summed E-state index contributed by atoms with van der Waals surface area (Å²) in [5.41, 5.74) is 8.15. The number of hydrogen-bond donors (Lipinski definition) is 2. The molecule has 0 spiro atoms. The van der Waals surface area contributed by atoms with Crippen molar-refractivity contribution in [1.82, 2.24) is 9.97 Å². The van der Waals surface area contributed by atoms with Crippen molar-refractivity contribution in [2.24, 2.45) is 0 Å². The number of fused-ring (bicyclic) bond motifs is 1. The molecule has 2 aromatic heterocycles. The number of ketones is 1. The van der Waals surface area contributed by atoms with Crippen molar-refractivity contribution in [1.29, 1.82) is 0 Å². The highest BCUT2D eigenvalue weighted by atomic mass is 35.5. The average Bonchev–Trinajstić information content (AvgIpc) is 3.36. The highest BCUT2D eigenvalue weighted by molar-refractivity contribution is 7.21. The molecule has 1 aromatic carbocycles. The molecule has 2 heterocycles. The molecule has 0 unspecified atom stereocenters. The van der Waals surface area contributed by atoms with Crippen LogP contribution in [0.3, 0.4) is 0 Å². The number of Topliss-reactive ketones (excluding diaryl/α,β-unsaturated/α-hetero) is 1. The Morgan fingerprint density at radius 2 is 2.15 bits per heavy atom. The van der Waals surface area contributed by atoms with E-state index in [4.69, 9.17) is 22.1 Å². The van der Waals surface area contributed by atoms with Gasteiger partial charge >= 0.3 is 0 Å². The van der Waals surface area contributed by atoms with Gasteiger partial charge in [0.25, 0.3) is 0 Å². The van der Waals surface area contributed by atoms with Gasteiger partial charge in [0.15, 0.2) is 5.78 Å². The number of aromatic nitrogens is 2. The highest BCUT2D eigenvalue weighted by Gasteiger charge is 2.25. The first-order valence-corrected chi connectivity index (χ1v) is 9.38. The lowest BCUT2D eigenvalue weighted by Gasteiger charge is -2.10. The number of anilines is 2. The first-order chi connectivity index (χ1) is 12.5. The van der Waals surface area contributed by atoms with Gasteiger partial charge in [-0.25, -0.2) is 9.97 Å². The lowest BCUT2D eigenvalue weighted by Crippen LogP contribution is -2.06. The second-order valence-corrected chi connectivity index (χ2v) is 7.65.